The van der Waals surface area contributed by atoms with Gasteiger partial charge < -0.3 is 14.3 Å². The highest BCUT2D eigenvalue weighted by Crippen LogP contribution is 2.36. The maximum atomic E-state index is 12.3. The number of carbonyl (C=O) groups excluding carboxylic acids is 1. The molecular formula is C23H31ClN4O4. The van der Waals surface area contributed by atoms with Crippen molar-refractivity contribution in [2.75, 3.05) is 6.61 Å². The third-order valence-corrected chi connectivity index (χ3v) is 5.97. The SMILES string of the molecule is CCOC1CCC(c2nnc3n2-c2ccc(Cl)cc2CN(OC(=O)OC(C)(C)C)C3)CC1. The van der Waals surface area contributed by atoms with Crippen LogP contribution in [0.5, 0.6) is 0 Å². The number of fused-ring (bicyclic) bond motifs is 3. The Labute approximate surface area is 193 Å². The van der Waals surface area contributed by atoms with Crippen molar-refractivity contribution >= 4 is 17.8 Å². The highest BCUT2D eigenvalue weighted by atomic mass is 35.5. The molecule has 0 spiro atoms. The summed E-state index contributed by atoms with van der Waals surface area (Å²) in [6.07, 6.45) is 3.62. The van der Waals surface area contributed by atoms with E-state index in [1.807, 2.05) is 25.1 Å². The minimum Gasteiger partial charge on any atom is -0.427 e. The van der Waals surface area contributed by atoms with Gasteiger partial charge in [-0.3, -0.25) is 4.57 Å². The number of benzene rings is 1. The summed E-state index contributed by atoms with van der Waals surface area (Å²) in [5, 5.41) is 11.2. The summed E-state index contributed by atoms with van der Waals surface area (Å²) in [5.41, 5.74) is 1.26. The molecule has 174 valence electrons. The largest absolute Gasteiger partial charge is 0.528 e. The first-order chi connectivity index (χ1) is 15.2. The van der Waals surface area contributed by atoms with Crippen LogP contribution in [0.3, 0.4) is 0 Å². The molecule has 8 nitrogen and oxygen atoms in total. The summed E-state index contributed by atoms with van der Waals surface area (Å²) in [6, 6.07) is 5.74. The second kappa shape index (κ2) is 9.37. The highest BCUT2D eigenvalue weighted by Gasteiger charge is 2.32. The third-order valence-electron chi connectivity index (χ3n) is 5.74. The van der Waals surface area contributed by atoms with Crippen molar-refractivity contribution in [2.24, 2.45) is 0 Å². The predicted molar refractivity (Wildman–Crippen MR) is 120 cm³/mol. The average molecular weight is 463 g/mol. The maximum Gasteiger partial charge on any atom is 0.528 e. The van der Waals surface area contributed by atoms with Gasteiger partial charge in [-0.1, -0.05) is 11.6 Å². The normalized spacial score (nSPS) is 21.4. The number of rotatable bonds is 4. The Morgan fingerprint density at radius 1 is 1.16 bits per heavy atom. The zero-order valence-corrected chi connectivity index (χ0v) is 19.9. The first-order valence-electron chi connectivity index (χ1n) is 11.2. The van der Waals surface area contributed by atoms with Crippen LogP contribution in [0, 0.1) is 0 Å². The lowest BCUT2D eigenvalue weighted by Gasteiger charge is -2.28. The van der Waals surface area contributed by atoms with Crippen LogP contribution < -0.4 is 0 Å². The Balaban J connectivity index is 1.62. The summed E-state index contributed by atoms with van der Waals surface area (Å²) < 4.78 is 13.2. The fraction of sp³-hybridized carbons (Fsp3) is 0.609. The average Bonchev–Trinajstić information content (AvgIpc) is 3.04. The van der Waals surface area contributed by atoms with Crippen molar-refractivity contribution in [1.29, 1.82) is 0 Å². The van der Waals surface area contributed by atoms with Crippen molar-refractivity contribution < 1.29 is 19.1 Å². The monoisotopic (exact) mass is 462 g/mol. The maximum absolute atomic E-state index is 12.3. The quantitative estimate of drug-likeness (QED) is 0.580. The van der Waals surface area contributed by atoms with Gasteiger partial charge >= 0.3 is 6.16 Å². The number of halogens is 1. The van der Waals surface area contributed by atoms with Crippen LogP contribution in [0.1, 0.15) is 76.5 Å². The fourth-order valence-electron chi connectivity index (χ4n) is 4.42. The Morgan fingerprint density at radius 2 is 1.91 bits per heavy atom. The number of nitrogens with zero attached hydrogens (tertiary/aromatic N) is 4. The van der Waals surface area contributed by atoms with Crippen LogP contribution in [-0.2, 0) is 27.4 Å². The highest BCUT2D eigenvalue weighted by molar-refractivity contribution is 6.30. The van der Waals surface area contributed by atoms with E-state index in [9.17, 15) is 4.79 Å². The second-order valence-electron chi connectivity index (χ2n) is 9.37. The van der Waals surface area contributed by atoms with Gasteiger partial charge in [-0.05, 0) is 77.1 Å². The van der Waals surface area contributed by atoms with Crippen molar-refractivity contribution in [3.8, 4) is 5.69 Å². The van der Waals surface area contributed by atoms with Gasteiger partial charge in [0.1, 0.15) is 11.4 Å². The van der Waals surface area contributed by atoms with E-state index >= 15 is 0 Å². The number of hydrogen-bond acceptors (Lipinski definition) is 7. The van der Waals surface area contributed by atoms with Gasteiger partial charge in [0.15, 0.2) is 5.82 Å². The molecule has 0 unspecified atom stereocenters. The van der Waals surface area contributed by atoms with Crippen LogP contribution in [0.15, 0.2) is 18.2 Å². The van der Waals surface area contributed by atoms with Gasteiger partial charge in [0, 0.05) is 17.5 Å². The molecule has 32 heavy (non-hydrogen) atoms. The molecule has 0 atom stereocenters. The van der Waals surface area contributed by atoms with Crippen LogP contribution in [-0.4, -0.2) is 44.3 Å². The van der Waals surface area contributed by atoms with Crippen LogP contribution in [0.2, 0.25) is 5.02 Å². The predicted octanol–water partition coefficient (Wildman–Crippen LogP) is 5.17. The van der Waals surface area contributed by atoms with Crippen LogP contribution in [0.4, 0.5) is 4.79 Å². The lowest BCUT2D eigenvalue weighted by molar-refractivity contribution is -0.155. The number of aromatic nitrogens is 3. The molecule has 2 aliphatic rings. The standard InChI is InChI=1S/C23H31ClN4O4/c1-5-30-18-9-6-15(7-10-18)21-26-25-20-14-27(32-22(29)31-23(2,3)4)13-16-12-17(24)8-11-19(16)28(20)21/h8,11-12,15,18H,5-7,9-10,13-14H2,1-4H3. The molecule has 1 aliphatic carbocycles. The van der Waals surface area contributed by atoms with Crippen molar-refractivity contribution in [2.45, 2.75) is 84.1 Å². The first kappa shape index (κ1) is 23.0. The first-order valence-corrected chi connectivity index (χ1v) is 11.6. The zero-order valence-electron chi connectivity index (χ0n) is 19.1. The van der Waals surface area contributed by atoms with E-state index in [1.165, 1.54) is 0 Å². The summed E-state index contributed by atoms with van der Waals surface area (Å²) in [6.45, 7) is 8.86. The Bertz CT molecular complexity index is 963. The molecule has 2 heterocycles. The summed E-state index contributed by atoms with van der Waals surface area (Å²) in [4.78, 5) is 17.8. The van der Waals surface area contributed by atoms with Crippen molar-refractivity contribution in [3.05, 3.63) is 40.4 Å². The molecule has 1 aliphatic heterocycles. The third kappa shape index (κ3) is 5.24. The number of ether oxygens (including phenoxy) is 2. The number of carbonyl (C=O) groups is 1. The van der Waals surface area contributed by atoms with E-state index in [0.29, 0.717) is 30.1 Å². The van der Waals surface area contributed by atoms with E-state index in [4.69, 9.17) is 25.9 Å². The summed E-state index contributed by atoms with van der Waals surface area (Å²) in [5.74, 6) is 1.96. The topological polar surface area (TPSA) is 78.7 Å². The van der Waals surface area contributed by atoms with Gasteiger partial charge in [0.05, 0.1) is 24.9 Å². The molecule has 2 aromatic rings. The summed E-state index contributed by atoms with van der Waals surface area (Å²) >= 11 is 6.30. The molecule has 0 N–H and O–H groups in total. The fourth-order valence-corrected chi connectivity index (χ4v) is 4.62. The van der Waals surface area contributed by atoms with E-state index in [0.717, 1.165) is 55.2 Å². The minimum absolute atomic E-state index is 0.298. The molecule has 0 saturated heterocycles. The van der Waals surface area contributed by atoms with E-state index in [1.54, 1.807) is 25.8 Å². The van der Waals surface area contributed by atoms with Gasteiger partial charge in [0.25, 0.3) is 0 Å². The number of hydrogen-bond donors (Lipinski definition) is 0. The molecule has 1 fully saturated rings. The molecule has 0 bridgehead atoms. The molecule has 0 radical (unpaired) electrons. The van der Waals surface area contributed by atoms with E-state index in [-0.39, 0.29) is 0 Å². The Hall–Kier alpha value is -2.16. The Kier molecular flexibility index (Phi) is 6.74. The lowest BCUT2D eigenvalue weighted by atomic mass is 9.86. The van der Waals surface area contributed by atoms with Crippen LogP contribution >= 0.6 is 11.6 Å². The second-order valence-corrected chi connectivity index (χ2v) is 9.80. The molecule has 1 aromatic carbocycles. The smallest absolute Gasteiger partial charge is 0.427 e. The van der Waals surface area contributed by atoms with Crippen molar-refractivity contribution in [3.63, 3.8) is 0 Å². The zero-order chi connectivity index (χ0) is 22.9. The molecule has 4 rings (SSSR count). The van der Waals surface area contributed by atoms with E-state index < -0.39 is 11.8 Å². The van der Waals surface area contributed by atoms with Gasteiger partial charge in [0.2, 0.25) is 0 Å². The molecule has 0 amide bonds. The van der Waals surface area contributed by atoms with Gasteiger partial charge in [-0.25, -0.2) is 4.79 Å². The molecular weight excluding hydrogens is 432 g/mol. The summed E-state index contributed by atoms with van der Waals surface area (Å²) in [7, 11) is 0. The van der Waals surface area contributed by atoms with Crippen molar-refractivity contribution in [1.82, 2.24) is 19.8 Å². The molecule has 1 aromatic heterocycles. The van der Waals surface area contributed by atoms with Crippen LogP contribution in [0.25, 0.3) is 5.69 Å². The van der Waals surface area contributed by atoms with Gasteiger partial charge in [-0.2, -0.15) is 0 Å². The Morgan fingerprint density at radius 3 is 2.59 bits per heavy atom. The van der Waals surface area contributed by atoms with Gasteiger partial charge in [-0.15, -0.1) is 15.3 Å². The lowest BCUT2D eigenvalue weighted by Crippen LogP contribution is -2.31. The van der Waals surface area contributed by atoms with E-state index in [2.05, 4.69) is 14.8 Å². The number of hydroxylamine groups is 2. The minimum atomic E-state index is -0.747. The molecule has 1 saturated carbocycles. The molecule has 9 heteroatoms.